The van der Waals surface area contributed by atoms with Gasteiger partial charge in [-0.1, -0.05) is 18.2 Å². The first kappa shape index (κ1) is 18.9. The van der Waals surface area contributed by atoms with Crippen molar-refractivity contribution in [2.24, 2.45) is 0 Å². The van der Waals surface area contributed by atoms with Crippen LogP contribution in [0.3, 0.4) is 0 Å². The summed E-state index contributed by atoms with van der Waals surface area (Å²) in [5, 5.41) is 0. The summed E-state index contributed by atoms with van der Waals surface area (Å²) < 4.78 is 19.4. The minimum Gasteiger partial charge on any atom is -0.496 e. The molecule has 1 aliphatic heterocycles. The van der Waals surface area contributed by atoms with Gasteiger partial charge < -0.3 is 14.5 Å². The van der Waals surface area contributed by atoms with Crippen molar-refractivity contribution in [1.82, 2.24) is 4.90 Å². The molecule has 0 spiro atoms. The van der Waals surface area contributed by atoms with Crippen LogP contribution in [-0.2, 0) is 0 Å². The van der Waals surface area contributed by atoms with E-state index in [2.05, 4.69) is 0 Å². The fourth-order valence-corrected chi connectivity index (χ4v) is 3.48. The minimum absolute atomic E-state index is 0.0830. The van der Waals surface area contributed by atoms with Gasteiger partial charge in [0.25, 0.3) is 5.91 Å². The molecule has 2 aromatic carbocycles. The maximum Gasteiger partial charge on any atom is 0.257 e. The van der Waals surface area contributed by atoms with Crippen LogP contribution in [-0.4, -0.2) is 49.9 Å². The molecule has 0 bridgehead atoms. The summed E-state index contributed by atoms with van der Waals surface area (Å²) in [5.74, 6) is -0.339. The topological polar surface area (TPSA) is 49.9 Å². The molecule has 0 saturated carbocycles. The van der Waals surface area contributed by atoms with Crippen molar-refractivity contribution >= 4 is 17.4 Å². The number of methoxy groups -OCH3 is 1. The largest absolute Gasteiger partial charge is 0.496 e. The summed E-state index contributed by atoms with van der Waals surface area (Å²) in [5.41, 5.74) is 1.24. The van der Waals surface area contributed by atoms with Crippen LogP contribution in [0.15, 0.2) is 42.5 Å². The average molecular weight is 370 g/mol. The zero-order chi connectivity index (χ0) is 19.4. The van der Waals surface area contributed by atoms with E-state index in [1.54, 1.807) is 36.3 Å². The number of carbonyl (C=O) groups excluding carboxylic acids is 2. The molecule has 0 aromatic heterocycles. The Morgan fingerprint density at radius 2 is 1.78 bits per heavy atom. The first-order chi connectivity index (χ1) is 13.0. The second kappa shape index (κ2) is 8.20. The lowest BCUT2D eigenvalue weighted by molar-refractivity contribution is 0.0763. The first-order valence-corrected chi connectivity index (χ1v) is 8.99. The van der Waals surface area contributed by atoms with Crippen molar-refractivity contribution in [3.63, 3.8) is 0 Å². The van der Waals surface area contributed by atoms with Crippen molar-refractivity contribution < 1.29 is 18.7 Å². The molecular formula is C21H23FN2O3. The van der Waals surface area contributed by atoms with Gasteiger partial charge in [-0.05, 0) is 37.6 Å². The zero-order valence-electron chi connectivity index (χ0n) is 15.6. The number of amides is 1. The third-order valence-electron chi connectivity index (χ3n) is 4.80. The summed E-state index contributed by atoms with van der Waals surface area (Å²) in [4.78, 5) is 28.6. The van der Waals surface area contributed by atoms with Gasteiger partial charge in [0.2, 0.25) is 0 Å². The molecule has 3 rings (SSSR count). The molecule has 0 radical (unpaired) electrons. The van der Waals surface area contributed by atoms with Gasteiger partial charge in [0.15, 0.2) is 5.78 Å². The second-order valence-electron chi connectivity index (χ2n) is 6.52. The summed E-state index contributed by atoms with van der Waals surface area (Å²) in [7, 11) is 1.55. The summed E-state index contributed by atoms with van der Waals surface area (Å²) >= 11 is 0. The fourth-order valence-electron chi connectivity index (χ4n) is 3.48. The SMILES string of the molecule is COc1ccccc1C(=O)N1CCCN(c2cccc(F)c2C(C)=O)CC1. The molecule has 1 heterocycles. The molecule has 27 heavy (non-hydrogen) atoms. The monoisotopic (exact) mass is 370 g/mol. The van der Waals surface area contributed by atoms with E-state index in [0.29, 0.717) is 43.2 Å². The number of para-hydroxylation sites is 1. The maximum atomic E-state index is 14.1. The van der Waals surface area contributed by atoms with Crippen molar-refractivity contribution in [3.05, 3.63) is 59.4 Å². The predicted molar refractivity (Wildman–Crippen MR) is 102 cm³/mol. The highest BCUT2D eigenvalue weighted by Gasteiger charge is 2.25. The molecule has 142 valence electrons. The van der Waals surface area contributed by atoms with Gasteiger partial charge in [0.1, 0.15) is 11.6 Å². The Kier molecular flexibility index (Phi) is 5.74. The predicted octanol–water partition coefficient (Wildman–Crippen LogP) is 3.39. The molecule has 0 unspecified atom stereocenters. The van der Waals surface area contributed by atoms with Gasteiger partial charge in [-0.15, -0.1) is 0 Å². The smallest absolute Gasteiger partial charge is 0.257 e. The molecule has 0 atom stereocenters. The minimum atomic E-state index is -0.508. The number of Topliss-reactive ketones (excluding diaryl/α,β-unsaturated/α-hetero) is 1. The van der Waals surface area contributed by atoms with E-state index in [-0.39, 0.29) is 17.3 Å². The van der Waals surface area contributed by atoms with Crippen LogP contribution in [0.4, 0.5) is 10.1 Å². The number of ketones is 1. The fraction of sp³-hybridized carbons (Fsp3) is 0.333. The first-order valence-electron chi connectivity index (χ1n) is 8.99. The van der Waals surface area contributed by atoms with E-state index in [1.807, 2.05) is 17.0 Å². The van der Waals surface area contributed by atoms with Gasteiger partial charge in [-0.3, -0.25) is 9.59 Å². The van der Waals surface area contributed by atoms with E-state index in [0.717, 1.165) is 6.42 Å². The molecule has 0 N–H and O–H groups in total. The van der Waals surface area contributed by atoms with Crippen LogP contribution in [0.5, 0.6) is 5.75 Å². The highest BCUT2D eigenvalue weighted by atomic mass is 19.1. The molecular weight excluding hydrogens is 347 g/mol. The number of hydrogen-bond acceptors (Lipinski definition) is 4. The number of ether oxygens (including phenoxy) is 1. The van der Waals surface area contributed by atoms with Gasteiger partial charge in [0.05, 0.1) is 23.9 Å². The van der Waals surface area contributed by atoms with E-state index in [1.165, 1.54) is 13.0 Å². The molecule has 2 aromatic rings. The van der Waals surface area contributed by atoms with Crippen molar-refractivity contribution in [1.29, 1.82) is 0 Å². The zero-order valence-corrected chi connectivity index (χ0v) is 15.6. The Balaban J connectivity index is 1.80. The lowest BCUT2D eigenvalue weighted by atomic mass is 10.1. The number of nitrogens with zero attached hydrogens (tertiary/aromatic N) is 2. The van der Waals surface area contributed by atoms with Crippen LogP contribution in [0.25, 0.3) is 0 Å². The van der Waals surface area contributed by atoms with Gasteiger partial charge in [-0.25, -0.2) is 4.39 Å². The van der Waals surface area contributed by atoms with Gasteiger partial charge in [0, 0.05) is 26.2 Å². The Morgan fingerprint density at radius 1 is 1.00 bits per heavy atom. The Bertz CT molecular complexity index is 853. The highest BCUT2D eigenvalue weighted by molar-refractivity contribution is 6.00. The van der Waals surface area contributed by atoms with Crippen LogP contribution in [0.1, 0.15) is 34.1 Å². The Labute approximate surface area is 158 Å². The number of anilines is 1. The number of hydrogen-bond donors (Lipinski definition) is 0. The van der Waals surface area contributed by atoms with Crippen molar-refractivity contribution in [2.45, 2.75) is 13.3 Å². The number of halogens is 1. The average Bonchev–Trinajstić information content (AvgIpc) is 2.93. The summed E-state index contributed by atoms with van der Waals surface area (Å²) in [6.45, 7) is 3.64. The van der Waals surface area contributed by atoms with Gasteiger partial charge >= 0.3 is 0 Å². The van der Waals surface area contributed by atoms with Crippen LogP contribution in [0.2, 0.25) is 0 Å². The molecule has 0 aliphatic carbocycles. The molecule has 1 aliphatic rings. The number of rotatable bonds is 4. The maximum absolute atomic E-state index is 14.1. The standard InChI is InChI=1S/C21H23FN2O3/c1-15(25)20-17(22)8-5-9-18(20)23-11-6-12-24(14-13-23)21(26)16-7-3-4-10-19(16)27-2/h3-5,7-10H,6,11-14H2,1-2H3. The van der Waals surface area contributed by atoms with Crippen LogP contribution in [0, 0.1) is 5.82 Å². The quantitative estimate of drug-likeness (QED) is 0.774. The second-order valence-corrected chi connectivity index (χ2v) is 6.52. The van der Waals surface area contributed by atoms with Gasteiger partial charge in [-0.2, -0.15) is 0 Å². The molecule has 1 saturated heterocycles. The number of carbonyl (C=O) groups is 2. The van der Waals surface area contributed by atoms with E-state index in [4.69, 9.17) is 4.74 Å². The Hall–Kier alpha value is -2.89. The molecule has 6 heteroatoms. The highest BCUT2D eigenvalue weighted by Crippen LogP contribution is 2.26. The third-order valence-corrected chi connectivity index (χ3v) is 4.80. The summed E-state index contributed by atoms with van der Waals surface area (Å²) in [6.07, 6.45) is 0.731. The lowest BCUT2D eigenvalue weighted by Crippen LogP contribution is -2.35. The van der Waals surface area contributed by atoms with Crippen LogP contribution >= 0.6 is 0 Å². The summed E-state index contributed by atoms with van der Waals surface area (Å²) in [6, 6.07) is 11.8. The normalized spacial score (nSPS) is 14.6. The number of benzene rings is 2. The molecule has 1 amide bonds. The lowest BCUT2D eigenvalue weighted by Gasteiger charge is -2.25. The third kappa shape index (κ3) is 3.94. The van der Waals surface area contributed by atoms with Crippen molar-refractivity contribution in [2.75, 3.05) is 38.2 Å². The van der Waals surface area contributed by atoms with E-state index < -0.39 is 5.82 Å². The van der Waals surface area contributed by atoms with E-state index >= 15 is 0 Å². The van der Waals surface area contributed by atoms with E-state index in [9.17, 15) is 14.0 Å². The molecule has 1 fully saturated rings. The van der Waals surface area contributed by atoms with Crippen LogP contribution < -0.4 is 9.64 Å². The van der Waals surface area contributed by atoms with Crippen molar-refractivity contribution in [3.8, 4) is 5.75 Å². The Morgan fingerprint density at radius 3 is 2.52 bits per heavy atom. The molecule has 5 nitrogen and oxygen atoms in total.